The second-order valence-corrected chi connectivity index (χ2v) is 4.95. The van der Waals surface area contributed by atoms with E-state index in [0.29, 0.717) is 0 Å². The molecule has 0 fully saturated rings. The van der Waals surface area contributed by atoms with E-state index in [-0.39, 0.29) is 5.41 Å². The molecule has 0 atom stereocenters. The van der Waals surface area contributed by atoms with Crippen LogP contribution < -0.4 is 10.9 Å². The van der Waals surface area contributed by atoms with Gasteiger partial charge in [-0.15, -0.1) is 0 Å². The van der Waals surface area contributed by atoms with E-state index in [0.717, 1.165) is 6.54 Å². The Balaban J connectivity index is 2.24. The molecule has 0 spiro atoms. The van der Waals surface area contributed by atoms with Crippen LogP contribution in [-0.4, -0.2) is 6.54 Å². The molecule has 0 saturated heterocycles. The maximum absolute atomic E-state index is 3.14. The fourth-order valence-corrected chi connectivity index (χ4v) is 1.69. The van der Waals surface area contributed by atoms with Gasteiger partial charge in [-0.2, -0.15) is 0 Å². The normalized spacial score (nSPS) is 16.1. The molecule has 0 saturated carbocycles. The summed E-state index contributed by atoms with van der Waals surface area (Å²) in [6, 6.07) is 8.76. The zero-order valence-electron chi connectivity index (χ0n) is 9.59. The van der Waals surface area contributed by atoms with Crippen LogP contribution in [0, 0.1) is 0 Å². The summed E-state index contributed by atoms with van der Waals surface area (Å²) in [5.41, 5.74) is 10.2. The van der Waals surface area contributed by atoms with E-state index in [4.69, 9.17) is 0 Å². The number of hydrogen-bond acceptors (Lipinski definition) is 2. The van der Waals surface area contributed by atoms with Crippen LogP contribution in [0.15, 0.2) is 30.3 Å². The summed E-state index contributed by atoms with van der Waals surface area (Å²) in [6.45, 7) is 7.60. The third-order valence-corrected chi connectivity index (χ3v) is 2.69. The van der Waals surface area contributed by atoms with Gasteiger partial charge >= 0.3 is 0 Å². The highest BCUT2D eigenvalue weighted by Crippen LogP contribution is 2.23. The minimum absolute atomic E-state index is 0.230. The Morgan fingerprint density at radius 3 is 2.20 bits per heavy atom. The summed E-state index contributed by atoms with van der Waals surface area (Å²) in [4.78, 5) is 0. The standard InChI is InChI=1S/C13H18N2/c1-13(2,3)11-6-4-10(5-7-11)12-8-9-14-15-12/h4-8,14-15H,9H2,1-3H3. The first-order valence-electron chi connectivity index (χ1n) is 5.37. The quantitative estimate of drug-likeness (QED) is 0.731. The van der Waals surface area contributed by atoms with Gasteiger partial charge in [0.2, 0.25) is 0 Å². The number of hydrazine groups is 1. The van der Waals surface area contributed by atoms with Gasteiger partial charge in [0.25, 0.3) is 0 Å². The van der Waals surface area contributed by atoms with Crippen molar-refractivity contribution >= 4 is 5.70 Å². The summed E-state index contributed by atoms with van der Waals surface area (Å²) in [7, 11) is 0. The van der Waals surface area contributed by atoms with E-state index in [1.54, 1.807) is 0 Å². The van der Waals surface area contributed by atoms with Crippen LogP contribution in [0.3, 0.4) is 0 Å². The molecular weight excluding hydrogens is 184 g/mol. The minimum atomic E-state index is 0.230. The average Bonchev–Trinajstić information content (AvgIpc) is 2.69. The Morgan fingerprint density at radius 1 is 1.07 bits per heavy atom. The van der Waals surface area contributed by atoms with E-state index in [9.17, 15) is 0 Å². The predicted octanol–water partition coefficient (Wildman–Crippen LogP) is 2.43. The zero-order chi connectivity index (χ0) is 10.9. The molecule has 2 nitrogen and oxygen atoms in total. The van der Waals surface area contributed by atoms with Crippen molar-refractivity contribution in [3.63, 3.8) is 0 Å². The van der Waals surface area contributed by atoms with Crippen molar-refractivity contribution in [1.29, 1.82) is 0 Å². The fraction of sp³-hybridized carbons (Fsp3) is 0.385. The van der Waals surface area contributed by atoms with Crippen molar-refractivity contribution in [2.24, 2.45) is 0 Å². The molecule has 2 heteroatoms. The Morgan fingerprint density at radius 2 is 1.73 bits per heavy atom. The molecular formula is C13H18N2. The average molecular weight is 202 g/mol. The minimum Gasteiger partial charge on any atom is -0.321 e. The molecule has 0 aromatic heterocycles. The van der Waals surface area contributed by atoms with Gasteiger partial charge in [-0.3, -0.25) is 0 Å². The van der Waals surface area contributed by atoms with Gasteiger partial charge in [0.1, 0.15) is 0 Å². The SMILES string of the molecule is CC(C)(C)c1ccc(C2=CCNN2)cc1. The molecule has 15 heavy (non-hydrogen) atoms. The van der Waals surface area contributed by atoms with Crippen molar-refractivity contribution in [1.82, 2.24) is 10.9 Å². The highest BCUT2D eigenvalue weighted by atomic mass is 15.4. The Bertz CT molecular complexity index is 369. The van der Waals surface area contributed by atoms with Crippen LogP contribution in [0.5, 0.6) is 0 Å². The first kappa shape index (κ1) is 10.2. The van der Waals surface area contributed by atoms with Crippen LogP contribution in [0.4, 0.5) is 0 Å². The summed E-state index contributed by atoms with van der Waals surface area (Å²) < 4.78 is 0. The number of nitrogens with one attached hydrogen (secondary N) is 2. The van der Waals surface area contributed by atoms with Gasteiger partial charge in [0, 0.05) is 6.54 Å². The molecule has 0 bridgehead atoms. The van der Waals surface area contributed by atoms with Crippen molar-refractivity contribution in [3.8, 4) is 0 Å². The highest BCUT2D eigenvalue weighted by Gasteiger charge is 2.13. The second-order valence-electron chi connectivity index (χ2n) is 4.95. The number of benzene rings is 1. The molecule has 1 aromatic carbocycles. The van der Waals surface area contributed by atoms with Crippen molar-refractivity contribution in [2.75, 3.05) is 6.54 Å². The smallest absolute Gasteiger partial charge is 0.0533 e. The monoisotopic (exact) mass is 202 g/mol. The maximum atomic E-state index is 3.14. The van der Waals surface area contributed by atoms with Gasteiger partial charge in [-0.05, 0) is 22.6 Å². The van der Waals surface area contributed by atoms with Gasteiger partial charge in [-0.1, -0.05) is 45.0 Å². The van der Waals surface area contributed by atoms with E-state index >= 15 is 0 Å². The lowest BCUT2D eigenvalue weighted by Gasteiger charge is -2.19. The summed E-state index contributed by atoms with van der Waals surface area (Å²) in [5.74, 6) is 0. The molecule has 1 aliphatic heterocycles. The first-order valence-corrected chi connectivity index (χ1v) is 5.37. The lowest BCUT2D eigenvalue weighted by molar-refractivity contribution is 0.590. The maximum Gasteiger partial charge on any atom is 0.0533 e. The number of hydrogen-bond donors (Lipinski definition) is 2. The van der Waals surface area contributed by atoms with Gasteiger partial charge in [-0.25, -0.2) is 5.43 Å². The zero-order valence-corrected chi connectivity index (χ0v) is 9.59. The Kier molecular flexibility index (Phi) is 2.53. The van der Waals surface area contributed by atoms with Crippen molar-refractivity contribution in [2.45, 2.75) is 26.2 Å². The molecule has 0 unspecified atom stereocenters. The molecule has 0 aliphatic carbocycles. The fourth-order valence-electron chi connectivity index (χ4n) is 1.69. The van der Waals surface area contributed by atoms with E-state index in [1.807, 2.05) is 0 Å². The first-order chi connectivity index (χ1) is 7.07. The topological polar surface area (TPSA) is 24.1 Å². The molecule has 80 valence electrons. The Labute approximate surface area is 91.4 Å². The van der Waals surface area contributed by atoms with E-state index < -0.39 is 0 Å². The van der Waals surface area contributed by atoms with Crippen LogP contribution >= 0.6 is 0 Å². The molecule has 2 rings (SSSR count). The molecule has 0 amide bonds. The van der Waals surface area contributed by atoms with Gasteiger partial charge in [0.05, 0.1) is 5.70 Å². The van der Waals surface area contributed by atoms with Gasteiger partial charge < -0.3 is 5.43 Å². The summed E-state index contributed by atoms with van der Waals surface area (Å²) in [5, 5.41) is 0. The second kappa shape index (κ2) is 3.70. The van der Waals surface area contributed by atoms with Crippen molar-refractivity contribution < 1.29 is 0 Å². The lowest BCUT2D eigenvalue weighted by Crippen LogP contribution is -2.23. The summed E-state index contributed by atoms with van der Waals surface area (Å²) >= 11 is 0. The summed E-state index contributed by atoms with van der Waals surface area (Å²) in [6.07, 6.45) is 2.16. The third kappa shape index (κ3) is 2.21. The highest BCUT2D eigenvalue weighted by molar-refractivity contribution is 5.65. The van der Waals surface area contributed by atoms with Gasteiger partial charge in [0.15, 0.2) is 0 Å². The van der Waals surface area contributed by atoms with Crippen molar-refractivity contribution in [3.05, 3.63) is 41.5 Å². The van der Waals surface area contributed by atoms with E-state index in [2.05, 4.69) is 62.0 Å². The third-order valence-electron chi connectivity index (χ3n) is 2.69. The molecule has 2 N–H and O–H groups in total. The predicted molar refractivity (Wildman–Crippen MR) is 64.3 cm³/mol. The molecule has 0 radical (unpaired) electrons. The van der Waals surface area contributed by atoms with Crippen LogP contribution in [0.1, 0.15) is 31.9 Å². The van der Waals surface area contributed by atoms with Crippen LogP contribution in [0.2, 0.25) is 0 Å². The molecule has 1 aromatic rings. The molecule has 1 heterocycles. The van der Waals surface area contributed by atoms with E-state index in [1.165, 1.54) is 16.8 Å². The van der Waals surface area contributed by atoms with Crippen LogP contribution in [-0.2, 0) is 5.41 Å². The number of rotatable bonds is 1. The Hall–Kier alpha value is -1.28. The van der Waals surface area contributed by atoms with Crippen LogP contribution in [0.25, 0.3) is 5.70 Å². The largest absolute Gasteiger partial charge is 0.321 e. The lowest BCUT2D eigenvalue weighted by atomic mass is 9.86. The molecule has 1 aliphatic rings.